The van der Waals surface area contributed by atoms with E-state index in [0.29, 0.717) is 13.2 Å². The second-order valence-corrected chi connectivity index (χ2v) is 5.06. The van der Waals surface area contributed by atoms with Gasteiger partial charge in [-0.1, -0.05) is 18.7 Å². The third kappa shape index (κ3) is 3.17. The Labute approximate surface area is 105 Å². The van der Waals surface area contributed by atoms with Crippen LogP contribution in [-0.4, -0.2) is 45.0 Å². The summed E-state index contributed by atoms with van der Waals surface area (Å²) in [6.07, 6.45) is 2.87. The fourth-order valence-corrected chi connectivity index (χ4v) is 2.66. The van der Waals surface area contributed by atoms with Gasteiger partial charge in [-0.05, 0) is 23.3 Å². The molecule has 0 unspecified atom stereocenters. The summed E-state index contributed by atoms with van der Waals surface area (Å²) in [5.74, 6) is 0.640. The van der Waals surface area contributed by atoms with E-state index in [2.05, 4.69) is 22.4 Å². The van der Waals surface area contributed by atoms with Crippen molar-refractivity contribution in [1.29, 1.82) is 0 Å². The summed E-state index contributed by atoms with van der Waals surface area (Å²) < 4.78 is 13.0. The number of thioether (sulfide) groups is 1. The molecule has 0 spiro atoms. The molecule has 1 aliphatic rings. The van der Waals surface area contributed by atoms with Gasteiger partial charge in [-0.25, -0.2) is 4.68 Å². The average molecular weight is 258 g/mol. The van der Waals surface area contributed by atoms with E-state index in [4.69, 9.17) is 9.47 Å². The van der Waals surface area contributed by atoms with Gasteiger partial charge in [0, 0.05) is 19.2 Å². The quantitative estimate of drug-likeness (QED) is 0.565. The third-order valence-corrected chi connectivity index (χ3v) is 3.96. The standard InChI is InChI=1S/C10H18N4O2S/c1-3-10(15-6-7-16-10)5-4-8-17-9-11-12-13-14(9)2/h3-8H2,1-2H3. The number of hydrogen-bond acceptors (Lipinski definition) is 6. The summed E-state index contributed by atoms with van der Waals surface area (Å²) in [5, 5.41) is 12.2. The molecule has 6 nitrogen and oxygen atoms in total. The highest BCUT2D eigenvalue weighted by Gasteiger charge is 2.33. The number of tetrazole rings is 1. The van der Waals surface area contributed by atoms with Crippen molar-refractivity contribution in [3.63, 3.8) is 0 Å². The highest BCUT2D eigenvalue weighted by molar-refractivity contribution is 7.99. The fourth-order valence-electron chi connectivity index (χ4n) is 1.87. The number of ether oxygens (including phenoxy) is 2. The minimum Gasteiger partial charge on any atom is -0.348 e. The lowest BCUT2D eigenvalue weighted by Gasteiger charge is -2.25. The van der Waals surface area contributed by atoms with Crippen LogP contribution < -0.4 is 0 Å². The lowest BCUT2D eigenvalue weighted by atomic mass is 10.1. The second-order valence-electron chi connectivity index (χ2n) is 4.00. The Morgan fingerprint density at radius 2 is 2.18 bits per heavy atom. The monoisotopic (exact) mass is 258 g/mol. The third-order valence-electron chi connectivity index (χ3n) is 2.87. The predicted octanol–water partition coefficient (Wildman–Crippen LogP) is 1.24. The average Bonchev–Trinajstić information content (AvgIpc) is 2.95. The smallest absolute Gasteiger partial charge is 0.209 e. The van der Waals surface area contributed by atoms with Crippen LogP contribution in [-0.2, 0) is 16.5 Å². The van der Waals surface area contributed by atoms with E-state index in [1.807, 2.05) is 7.05 Å². The Kier molecular flexibility index (Phi) is 4.36. The van der Waals surface area contributed by atoms with E-state index in [1.165, 1.54) is 0 Å². The zero-order chi connectivity index (χ0) is 12.1. The summed E-state index contributed by atoms with van der Waals surface area (Å²) in [7, 11) is 1.85. The Balaban J connectivity index is 1.71. The van der Waals surface area contributed by atoms with Gasteiger partial charge in [0.1, 0.15) is 0 Å². The van der Waals surface area contributed by atoms with E-state index in [9.17, 15) is 0 Å². The lowest BCUT2D eigenvalue weighted by molar-refractivity contribution is -0.163. The molecule has 7 heteroatoms. The molecule has 0 radical (unpaired) electrons. The molecule has 0 atom stereocenters. The maximum Gasteiger partial charge on any atom is 0.209 e. The van der Waals surface area contributed by atoms with Crippen LogP contribution in [0.15, 0.2) is 5.16 Å². The molecule has 1 aromatic rings. The maximum absolute atomic E-state index is 5.67. The molecule has 1 fully saturated rings. The minimum atomic E-state index is -0.335. The first-order valence-corrected chi connectivity index (χ1v) is 6.87. The summed E-state index contributed by atoms with van der Waals surface area (Å²) in [6.45, 7) is 3.54. The number of aromatic nitrogens is 4. The number of hydrogen-bond donors (Lipinski definition) is 0. The van der Waals surface area contributed by atoms with E-state index < -0.39 is 0 Å². The molecule has 1 aliphatic heterocycles. The molecule has 1 aromatic heterocycles. The molecular formula is C10H18N4O2S. The molecule has 17 heavy (non-hydrogen) atoms. The molecule has 0 aromatic carbocycles. The van der Waals surface area contributed by atoms with Crippen molar-refractivity contribution < 1.29 is 9.47 Å². The van der Waals surface area contributed by atoms with Crippen molar-refractivity contribution in [3.8, 4) is 0 Å². The first kappa shape index (κ1) is 12.8. The van der Waals surface area contributed by atoms with Gasteiger partial charge < -0.3 is 9.47 Å². The summed E-state index contributed by atoms with van der Waals surface area (Å²) in [4.78, 5) is 0. The highest BCUT2D eigenvalue weighted by Crippen LogP contribution is 2.29. The van der Waals surface area contributed by atoms with Gasteiger partial charge in [0.05, 0.1) is 13.2 Å². The van der Waals surface area contributed by atoms with Crippen molar-refractivity contribution in [2.75, 3.05) is 19.0 Å². The summed E-state index contributed by atoms with van der Waals surface area (Å²) >= 11 is 1.66. The molecule has 0 bridgehead atoms. The van der Waals surface area contributed by atoms with Gasteiger partial charge in [-0.3, -0.25) is 0 Å². The van der Waals surface area contributed by atoms with E-state index in [0.717, 1.165) is 30.2 Å². The highest BCUT2D eigenvalue weighted by atomic mass is 32.2. The van der Waals surface area contributed by atoms with Crippen LogP contribution >= 0.6 is 11.8 Å². The van der Waals surface area contributed by atoms with Crippen LogP contribution in [0.3, 0.4) is 0 Å². The summed E-state index contributed by atoms with van der Waals surface area (Å²) in [5.41, 5.74) is 0. The first-order chi connectivity index (χ1) is 8.26. The van der Waals surface area contributed by atoms with E-state index in [-0.39, 0.29) is 5.79 Å². The minimum absolute atomic E-state index is 0.335. The second kappa shape index (κ2) is 5.79. The van der Waals surface area contributed by atoms with Crippen LogP contribution in [0, 0.1) is 0 Å². The van der Waals surface area contributed by atoms with Gasteiger partial charge in [-0.15, -0.1) is 5.10 Å². The lowest BCUT2D eigenvalue weighted by Crippen LogP contribution is -2.29. The topological polar surface area (TPSA) is 62.1 Å². The van der Waals surface area contributed by atoms with Crippen LogP contribution in [0.25, 0.3) is 0 Å². The van der Waals surface area contributed by atoms with Gasteiger partial charge in [-0.2, -0.15) is 0 Å². The number of nitrogens with zero attached hydrogens (tertiary/aromatic N) is 4. The molecular weight excluding hydrogens is 240 g/mol. The van der Waals surface area contributed by atoms with Gasteiger partial charge in [0.2, 0.25) is 5.16 Å². The van der Waals surface area contributed by atoms with Crippen LogP contribution in [0.5, 0.6) is 0 Å². The molecule has 0 aliphatic carbocycles. The van der Waals surface area contributed by atoms with Gasteiger partial charge in [0.25, 0.3) is 0 Å². The number of rotatable bonds is 6. The van der Waals surface area contributed by atoms with E-state index >= 15 is 0 Å². The Bertz CT molecular complexity index is 352. The zero-order valence-electron chi connectivity index (χ0n) is 10.3. The normalized spacial score (nSPS) is 18.7. The van der Waals surface area contributed by atoms with Gasteiger partial charge in [0.15, 0.2) is 5.79 Å². The zero-order valence-corrected chi connectivity index (χ0v) is 11.1. The molecule has 2 heterocycles. The molecule has 2 rings (SSSR count). The Morgan fingerprint density at radius 1 is 1.41 bits per heavy atom. The SMILES string of the molecule is CCC1(CCCSc2nnnn2C)OCCO1. The molecule has 0 amide bonds. The van der Waals surface area contributed by atoms with Crippen molar-refractivity contribution in [3.05, 3.63) is 0 Å². The first-order valence-electron chi connectivity index (χ1n) is 5.89. The van der Waals surface area contributed by atoms with Crippen LogP contribution in [0.1, 0.15) is 26.2 Å². The Hall–Kier alpha value is -0.660. The molecule has 96 valence electrons. The van der Waals surface area contributed by atoms with Crippen molar-refractivity contribution in [2.24, 2.45) is 7.05 Å². The maximum atomic E-state index is 5.67. The summed E-state index contributed by atoms with van der Waals surface area (Å²) in [6, 6.07) is 0. The molecule has 1 saturated heterocycles. The predicted molar refractivity (Wildman–Crippen MR) is 63.7 cm³/mol. The fraction of sp³-hybridized carbons (Fsp3) is 0.900. The van der Waals surface area contributed by atoms with Crippen molar-refractivity contribution >= 4 is 11.8 Å². The Morgan fingerprint density at radius 3 is 2.76 bits per heavy atom. The molecule has 0 saturated carbocycles. The number of aryl methyl sites for hydroxylation is 1. The van der Waals surface area contributed by atoms with Gasteiger partial charge >= 0.3 is 0 Å². The van der Waals surface area contributed by atoms with Crippen LogP contribution in [0.2, 0.25) is 0 Å². The largest absolute Gasteiger partial charge is 0.348 e. The molecule has 0 N–H and O–H groups in total. The van der Waals surface area contributed by atoms with Crippen molar-refractivity contribution in [1.82, 2.24) is 20.2 Å². The van der Waals surface area contributed by atoms with Crippen LogP contribution in [0.4, 0.5) is 0 Å². The van der Waals surface area contributed by atoms with Crippen molar-refractivity contribution in [2.45, 2.75) is 37.1 Å². The van der Waals surface area contributed by atoms with E-state index in [1.54, 1.807) is 16.4 Å².